The first kappa shape index (κ1) is 14.9. The maximum Gasteiger partial charge on any atom is 0.212 e. The van der Waals surface area contributed by atoms with Crippen molar-refractivity contribution < 1.29 is 8.42 Å². The van der Waals surface area contributed by atoms with Crippen molar-refractivity contribution in [1.29, 1.82) is 0 Å². The molecule has 1 rings (SSSR count). The molecule has 17 heavy (non-hydrogen) atoms. The molecule has 0 aromatic carbocycles. The summed E-state index contributed by atoms with van der Waals surface area (Å²) in [6.07, 6.45) is 4.91. The molecule has 5 heteroatoms. The Balaban J connectivity index is 2.54. The van der Waals surface area contributed by atoms with Gasteiger partial charge in [-0.1, -0.05) is 33.1 Å². The van der Waals surface area contributed by atoms with Crippen LogP contribution < -0.4 is 10.5 Å². The summed E-state index contributed by atoms with van der Waals surface area (Å²) in [5.41, 5.74) is 5.66. The molecule has 4 nitrogen and oxygen atoms in total. The van der Waals surface area contributed by atoms with E-state index in [-0.39, 0.29) is 17.7 Å². The molecule has 2 unspecified atom stereocenters. The van der Waals surface area contributed by atoms with Gasteiger partial charge in [0.05, 0.1) is 5.75 Å². The zero-order chi connectivity index (χ0) is 12.9. The van der Waals surface area contributed by atoms with Gasteiger partial charge in [-0.05, 0) is 31.2 Å². The van der Waals surface area contributed by atoms with Gasteiger partial charge in [0.1, 0.15) is 0 Å². The number of sulfonamides is 1. The lowest BCUT2D eigenvalue weighted by molar-refractivity contribution is 0.446. The average molecular weight is 262 g/mol. The van der Waals surface area contributed by atoms with Gasteiger partial charge >= 0.3 is 0 Å². The van der Waals surface area contributed by atoms with Crippen LogP contribution in [0.25, 0.3) is 0 Å². The molecule has 0 aliphatic heterocycles. The lowest BCUT2D eigenvalue weighted by atomic mass is 10.1. The number of rotatable bonds is 7. The summed E-state index contributed by atoms with van der Waals surface area (Å²) >= 11 is 0. The number of nitrogens with two attached hydrogens (primary N) is 1. The molecule has 1 fully saturated rings. The fourth-order valence-corrected chi connectivity index (χ4v) is 4.55. The van der Waals surface area contributed by atoms with E-state index in [4.69, 9.17) is 5.73 Å². The summed E-state index contributed by atoms with van der Waals surface area (Å²) < 4.78 is 26.9. The third kappa shape index (κ3) is 4.56. The van der Waals surface area contributed by atoms with Crippen molar-refractivity contribution in [1.82, 2.24) is 4.72 Å². The minimum absolute atomic E-state index is 0.0689. The quantitative estimate of drug-likeness (QED) is 0.730. The van der Waals surface area contributed by atoms with Crippen molar-refractivity contribution in [3.63, 3.8) is 0 Å². The highest BCUT2D eigenvalue weighted by molar-refractivity contribution is 7.89. The van der Waals surface area contributed by atoms with Gasteiger partial charge in [-0.15, -0.1) is 0 Å². The smallest absolute Gasteiger partial charge is 0.212 e. The van der Waals surface area contributed by atoms with Gasteiger partial charge in [0.2, 0.25) is 10.0 Å². The molecule has 0 saturated heterocycles. The minimum Gasteiger partial charge on any atom is -0.330 e. The van der Waals surface area contributed by atoms with Gasteiger partial charge in [-0.2, -0.15) is 0 Å². The lowest BCUT2D eigenvalue weighted by Gasteiger charge is -2.21. The van der Waals surface area contributed by atoms with E-state index in [1.807, 2.05) is 13.8 Å². The third-order valence-corrected chi connectivity index (χ3v) is 5.47. The molecule has 0 heterocycles. The molecule has 1 saturated carbocycles. The van der Waals surface area contributed by atoms with Crippen molar-refractivity contribution in [2.24, 2.45) is 17.6 Å². The summed E-state index contributed by atoms with van der Waals surface area (Å²) in [5.74, 6) is 0.852. The van der Waals surface area contributed by atoms with E-state index in [0.717, 1.165) is 32.1 Å². The second-order valence-electron chi connectivity index (χ2n) is 5.11. The molecule has 0 aromatic heterocycles. The van der Waals surface area contributed by atoms with Crippen LogP contribution in [-0.4, -0.2) is 26.8 Å². The molecular formula is C12H26N2O2S. The fourth-order valence-electron chi connectivity index (χ4n) is 2.59. The predicted molar refractivity (Wildman–Crippen MR) is 71.2 cm³/mol. The standard InChI is InChI=1S/C12H26N2O2S/c1-3-10(4-2)9-17(15,16)14-12-7-5-6-11(12)8-13/h10-12,14H,3-9,13H2,1-2H3. The molecule has 102 valence electrons. The van der Waals surface area contributed by atoms with Gasteiger partial charge in [-0.25, -0.2) is 13.1 Å². The second kappa shape index (κ2) is 6.71. The van der Waals surface area contributed by atoms with Crippen molar-refractivity contribution in [3.8, 4) is 0 Å². The van der Waals surface area contributed by atoms with Crippen LogP contribution in [0.3, 0.4) is 0 Å². The van der Waals surface area contributed by atoms with E-state index in [0.29, 0.717) is 12.5 Å². The summed E-state index contributed by atoms with van der Waals surface area (Å²) in [4.78, 5) is 0. The zero-order valence-electron chi connectivity index (χ0n) is 11.0. The van der Waals surface area contributed by atoms with Crippen molar-refractivity contribution in [2.45, 2.75) is 52.0 Å². The molecule has 1 aliphatic rings. The van der Waals surface area contributed by atoms with Gasteiger partial charge in [0.15, 0.2) is 0 Å². The normalized spacial score (nSPS) is 25.6. The second-order valence-corrected chi connectivity index (χ2v) is 6.91. The van der Waals surface area contributed by atoms with E-state index in [2.05, 4.69) is 4.72 Å². The topological polar surface area (TPSA) is 72.2 Å². The monoisotopic (exact) mass is 262 g/mol. The summed E-state index contributed by atoms with van der Waals surface area (Å²) in [7, 11) is -3.14. The van der Waals surface area contributed by atoms with Crippen LogP contribution in [0.2, 0.25) is 0 Å². The fraction of sp³-hybridized carbons (Fsp3) is 1.00. The molecule has 1 aliphatic carbocycles. The third-order valence-electron chi connectivity index (χ3n) is 3.90. The van der Waals surface area contributed by atoms with Gasteiger partial charge in [0, 0.05) is 6.04 Å². The number of hydrogen-bond acceptors (Lipinski definition) is 3. The Morgan fingerprint density at radius 3 is 2.47 bits per heavy atom. The van der Waals surface area contributed by atoms with E-state index >= 15 is 0 Å². The molecule has 3 N–H and O–H groups in total. The lowest BCUT2D eigenvalue weighted by Crippen LogP contribution is -2.41. The summed E-state index contributed by atoms with van der Waals surface area (Å²) in [6.45, 7) is 4.67. The van der Waals surface area contributed by atoms with Crippen LogP contribution in [0.1, 0.15) is 46.0 Å². The van der Waals surface area contributed by atoms with Crippen LogP contribution in [0.5, 0.6) is 0 Å². The Kier molecular flexibility index (Phi) is 5.89. The summed E-state index contributed by atoms with van der Waals surface area (Å²) in [5, 5.41) is 0. The van der Waals surface area contributed by atoms with Crippen LogP contribution in [-0.2, 0) is 10.0 Å². The zero-order valence-corrected chi connectivity index (χ0v) is 11.8. The van der Waals surface area contributed by atoms with Crippen LogP contribution in [0.15, 0.2) is 0 Å². The van der Waals surface area contributed by atoms with E-state index in [1.54, 1.807) is 0 Å². The number of nitrogens with one attached hydrogen (secondary N) is 1. The highest BCUT2D eigenvalue weighted by Crippen LogP contribution is 2.25. The van der Waals surface area contributed by atoms with Crippen molar-refractivity contribution >= 4 is 10.0 Å². The first-order valence-electron chi connectivity index (χ1n) is 6.72. The SMILES string of the molecule is CCC(CC)CS(=O)(=O)NC1CCCC1CN. The largest absolute Gasteiger partial charge is 0.330 e. The average Bonchev–Trinajstić information content (AvgIpc) is 2.72. The Hall–Kier alpha value is -0.130. The maximum absolute atomic E-state index is 12.0. The molecular weight excluding hydrogens is 236 g/mol. The van der Waals surface area contributed by atoms with Crippen LogP contribution in [0, 0.1) is 11.8 Å². The number of hydrogen-bond donors (Lipinski definition) is 2. The van der Waals surface area contributed by atoms with Gasteiger partial charge in [0.25, 0.3) is 0 Å². The molecule has 0 amide bonds. The molecule has 0 aromatic rings. The Bertz CT molecular complexity index is 312. The Morgan fingerprint density at radius 1 is 1.29 bits per heavy atom. The Labute approximate surface area is 105 Å². The minimum atomic E-state index is -3.14. The van der Waals surface area contributed by atoms with Crippen molar-refractivity contribution in [3.05, 3.63) is 0 Å². The van der Waals surface area contributed by atoms with Gasteiger partial charge < -0.3 is 5.73 Å². The predicted octanol–water partition coefficient (Wildman–Crippen LogP) is 1.47. The van der Waals surface area contributed by atoms with Gasteiger partial charge in [-0.3, -0.25) is 0 Å². The summed E-state index contributed by atoms with van der Waals surface area (Å²) in [6, 6.07) is 0.0689. The highest BCUT2D eigenvalue weighted by atomic mass is 32.2. The highest BCUT2D eigenvalue weighted by Gasteiger charge is 2.30. The van der Waals surface area contributed by atoms with Crippen LogP contribution in [0.4, 0.5) is 0 Å². The van der Waals surface area contributed by atoms with E-state index in [9.17, 15) is 8.42 Å². The van der Waals surface area contributed by atoms with E-state index < -0.39 is 10.0 Å². The maximum atomic E-state index is 12.0. The van der Waals surface area contributed by atoms with E-state index in [1.165, 1.54) is 0 Å². The Morgan fingerprint density at radius 2 is 1.94 bits per heavy atom. The molecule has 0 radical (unpaired) electrons. The van der Waals surface area contributed by atoms with Crippen molar-refractivity contribution in [2.75, 3.05) is 12.3 Å². The van der Waals surface area contributed by atoms with Crippen LogP contribution >= 0.6 is 0 Å². The first-order valence-corrected chi connectivity index (χ1v) is 8.37. The molecule has 0 spiro atoms. The first-order chi connectivity index (χ1) is 8.02. The molecule has 0 bridgehead atoms. The molecule has 2 atom stereocenters.